The van der Waals surface area contributed by atoms with E-state index < -0.39 is 0 Å². The SMILES string of the molecule is Cc1cc2[nH]ccc2cc1C(=O)N1C[C@H](C)N(C(c2ccccc2)c2ccccc2)CC1C. The summed E-state index contributed by atoms with van der Waals surface area (Å²) in [6.07, 6.45) is 1.93. The average Bonchev–Trinajstić information content (AvgIpc) is 3.29. The summed E-state index contributed by atoms with van der Waals surface area (Å²) in [6, 6.07) is 28.1. The van der Waals surface area contributed by atoms with Crippen molar-refractivity contribution < 1.29 is 4.79 Å². The standard InChI is InChI=1S/C29H31N3O/c1-20-16-27-25(14-15-30-27)17-26(20)29(33)32-19-21(2)31(18-22(32)3)28(23-10-6-4-7-11-23)24-12-8-5-9-13-24/h4-17,21-22,28,30H,18-19H2,1-3H3/t21-,22?/m0/s1. The summed E-state index contributed by atoms with van der Waals surface area (Å²) in [5.41, 5.74) is 5.47. The summed E-state index contributed by atoms with van der Waals surface area (Å²) in [7, 11) is 0. The fourth-order valence-electron chi connectivity index (χ4n) is 5.24. The molecule has 0 aliphatic carbocycles. The first-order valence-corrected chi connectivity index (χ1v) is 11.8. The van der Waals surface area contributed by atoms with Crippen molar-refractivity contribution in [1.82, 2.24) is 14.8 Å². The molecule has 1 saturated heterocycles. The maximum Gasteiger partial charge on any atom is 0.254 e. The number of nitrogens with zero attached hydrogens (tertiary/aromatic N) is 2. The number of rotatable bonds is 4. The first-order valence-electron chi connectivity index (χ1n) is 11.8. The number of carbonyl (C=O) groups is 1. The Labute approximate surface area is 195 Å². The summed E-state index contributed by atoms with van der Waals surface area (Å²) in [4.78, 5) is 21.5. The molecule has 2 heterocycles. The highest BCUT2D eigenvalue weighted by atomic mass is 16.2. The molecule has 33 heavy (non-hydrogen) atoms. The molecule has 0 bridgehead atoms. The number of aromatic nitrogens is 1. The number of benzene rings is 3. The van der Waals surface area contributed by atoms with E-state index in [4.69, 9.17) is 0 Å². The van der Waals surface area contributed by atoms with Crippen LogP contribution in [0.4, 0.5) is 0 Å². The van der Waals surface area contributed by atoms with Crippen molar-refractivity contribution in [3.63, 3.8) is 0 Å². The number of H-pyrrole nitrogens is 1. The van der Waals surface area contributed by atoms with Crippen LogP contribution < -0.4 is 0 Å². The molecule has 1 aliphatic heterocycles. The third-order valence-corrected chi connectivity index (χ3v) is 6.99. The van der Waals surface area contributed by atoms with E-state index in [0.717, 1.165) is 28.6 Å². The number of carbonyl (C=O) groups excluding carboxylic acids is 1. The molecule has 168 valence electrons. The van der Waals surface area contributed by atoms with Gasteiger partial charge >= 0.3 is 0 Å². The zero-order valence-corrected chi connectivity index (χ0v) is 19.5. The Hall–Kier alpha value is -3.37. The number of fused-ring (bicyclic) bond motifs is 1. The molecule has 0 saturated carbocycles. The highest BCUT2D eigenvalue weighted by molar-refractivity contribution is 6.00. The van der Waals surface area contributed by atoms with Crippen LogP contribution in [0.1, 0.15) is 46.9 Å². The van der Waals surface area contributed by atoms with Crippen LogP contribution in [0.3, 0.4) is 0 Å². The Morgan fingerprint density at radius 2 is 1.52 bits per heavy atom. The fourth-order valence-corrected chi connectivity index (χ4v) is 5.24. The van der Waals surface area contributed by atoms with Gasteiger partial charge in [-0.25, -0.2) is 0 Å². The van der Waals surface area contributed by atoms with Crippen LogP contribution in [0.15, 0.2) is 85.1 Å². The van der Waals surface area contributed by atoms with Crippen LogP contribution in [-0.4, -0.2) is 45.9 Å². The molecule has 1 aliphatic rings. The molecule has 0 spiro atoms. The molecule has 4 heteroatoms. The molecule has 1 N–H and O–H groups in total. The van der Waals surface area contributed by atoms with E-state index in [1.165, 1.54) is 11.1 Å². The molecule has 4 aromatic rings. The van der Waals surface area contributed by atoms with Crippen molar-refractivity contribution in [2.24, 2.45) is 0 Å². The molecule has 5 rings (SSSR count). The van der Waals surface area contributed by atoms with Crippen LogP contribution in [0, 0.1) is 6.92 Å². The van der Waals surface area contributed by atoms with Crippen LogP contribution in [0.2, 0.25) is 0 Å². The van der Waals surface area contributed by atoms with E-state index >= 15 is 0 Å². The zero-order valence-electron chi connectivity index (χ0n) is 19.5. The number of nitrogens with one attached hydrogen (secondary N) is 1. The summed E-state index contributed by atoms with van der Waals surface area (Å²) in [5, 5.41) is 1.08. The fraction of sp³-hybridized carbons (Fsp3) is 0.276. The summed E-state index contributed by atoms with van der Waals surface area (Å²) >= 11 is 0. The zero-order chi connectivity index (χ0) is 22.9. The highest BCUT2D eigenvalue weighted by Gasteiger charge is 2.37. The Morgan fingerprint density at radius 1 is 0.879 bits per heavy atom. The number of aryl methyl sites for hydroxylation is 1. The van der Waals surface area contributed by atoms with Gasteiger partial charge in [0.25, 0.3) is 5.91 Å². The summed E-state index contributed by atoms with van der Waals surface area (Å²) in [6.45, 7) is 7.98. The largest absolute Gasteiger partial charge is 0.361 e. The number of hydrogen-bond acceptors (Lipinski definition) is 2. The highest BCUT2D eigenvalue weighted by Crippen LogP contribution is 2.33. The molecule has 1 amide bonds. The van der Waals surface area contributed by atoms with Gasteiger partial charge in [0.15, 0.2) is 0 Å². The number of hydrogen-bond donors (Lipinski definition) is 1. The molecule has 0 radical (unpaired) electrons. The van der Waals surface area contributed by atoms with Gasteiger partial charge in [-0.1, -0.05) is 60.7 Å². The van der Waals surface area contributed by atoms with Gasteiger partial charge in [0.05, 0.1) is 6.04 Å². The van der Waals surface area contributed by atoms with Gasteiger partial charge in [0.1, 0.15) is 0 Å². The monoisotopic (exact) mass is 437 g/mol. The van der Waals surface area contributed by atoms with Crippen molar-refractivity contribution in [1.29, 1.82) is 0 Å². The molecular formula is C29H31N3O. The van der Waals surface area contributed by atoms with Crippen molar-refractivity contribution in [3.8, 4) is 0 Å². The van der Waals surface area contributed by atoms with Crippen molar-refractivity contribution in [2.75, 3.05) is 13.1 Å². The van der Waals surface area contributed by atoms with Gasteiger partial charge in [-0.2, -0.15) is 0 Å². The number of amides is 1. The molecule has 4 nitrogen and oxygen atoms in total. The number of aromatic amines is 1. The molecule has 1 unspecified atom stereocenters. The van der Waals surface area contributed by atoms with Crippen LogP contribution in [0.5, 0.6) is 0 Å². The predicted octanol–water partition coefficient (Wildman–Crippen LogP) is 5.80. The lowest BCUT2D eigenvalue weighted by atomic mass is 9.93. The van der Waals surface area contributed by atoms with E-state index in [1.807, 2.05) is 25.3 Å². The molecular weight excluding hydrogens is 406 g/mol. The summed E-state index contributed by atoms with van der Waals surface area (Å²) < 4.78 is 0. The Kier molecular flexibility index (Phi) is 5.77. The normalized spacial score (nSPS) is 19.3. The van der Waals surface area contributed by atoms with E-state index in [-0.39, 0.29) is 24.0 Å². The second-order valence-electron chi connectivity index (χ2n) is 9.31. The minimum Gasteiger partial charge on any atom is -0.361 e. The van der Waals surface area contributed by atoms with Gasteiger partial charge in [-0.3, -0.25) is 9.69 Å². The van der Waals surface area contributed by atoms with Crippen LogP contribution >= 0.6 is 0 Å². The van der Waals surface area contributed by atoms with Gasteiger partial charge < -0.3 is 9.88 Å². The Bertz CT molecular complexity index is 1210. The lowest BCUT2D eigenvalue weighted by Crippen LogP contribution is -2.58. The van der Waals surface area contributed by atoms with Crippen LogP contribution in [0.25, 0.3) is 10.9 Å². The first-order chi connectivity index (χ1) is 16.0. The maximum absolute atomic E-state index is 13.7. The predicted molar refractivity (Wildman–Crippen MR) is 134 cm³/mol. The topological polar surface area (TPSA) is 39.3 Å². The Balaban J connectivity index is 1.44. The molecule has 1 aromatic heterocycles. The second kappa shape index (κ2) is 8.87. The maximum atomic E-state index is 13.7. The van der Waals surface area contributed by atoms with Crippen molar-refractivity contribution in [3.05, 3.63) is 107 Å². The summed E-state index contributed by atoms with van der Waals surface area (Å²) in [5.74, 6) is 0.130. The Morgan fingerprint density at radius 3 is 2.15 bits per heavy atom. The smallest absolute Gasteiger partial charge is 0.254 e. The molecule has 2 atom stereocenters. The van der Waals surface area contributed by atoms with E-state index in [9.17, 15) is 4.79 Å². The van der Waals surface area contributed by atoms with E-state index in [1.54, 1.807) is 0 Å². The lowest BCUT2D eigenvalue weighted by Gasteiger charge is -2.47. The second-order valence-corrected chi connectivity index (χ2v) is 9.31. The minimum absolute atomic E-state index is 0.116. The van der Waals surface area contributed by atoms with Gasteiger partial charge in [0.2, 0.25) is 0 Å². The van der Waals surface area contributed by atoms with Gasteiger partial charge in [0, 0.05) is 47.8 Å². The molecule has 3 aromatic carbocycles. The average molecular weight is 438 g/mol. The van der Waals surface area contributed by atoms with E-state index in [2.05, 4.69) is 95.4 Å². The first kappa shape index (κ1) is 21.5. The third kappa shape index (κ3) is 4.07. The minimum atomic E-state index is 0.116. The van der Waals surface area contributed by atoms with Gasteiger partial charge in [-0.05, 0) is 55.7 Å². The molecule has 1 fully saturated rings. The quantitative estimate of drug-likeness (QED) is 0.438. The van der Waals surface area contributed by atoms with Crippen molar-refractivity contribution >= 4 is 16.8 Å². The van der Waals surface area contributed by atoms with Crippen molar-refractivity contribution in [2.45, 2.75) is 38.9 Å². The van der Waals surface area contributed by atoms with E-state index in [0.29, 0.717) is 6.54 Å². The van der Waals surface area contributed by atoms with Crippen LogP contribution in [-0.2, 0) is 0 Å². The van der Waals surface area contributed by atoms with Gasteiger partial charge in [-0.15, -0.1) is 0 Å². The lowest BCUT2D eigenvalue weighted by molar-refractivity contribution is 0.0209. The number of piperazine rings is 1. The third-order valence-electron chi connectivity index (χ3n) is 6.99.